The van der Waals surface area contributed by atoms with Crippen molar-refractivity contribution in [1.29, 1.82) is 0 Å². The third kappa shape index (κ3) is 3.05. The summed E-state index contributed by atoms with van der Waals surface area (Å²) in [6.45, 7) is 0.158. The Morgan fingerprint density at radius 2 is 1.50 bits per heavy atom. The molecule has 0 spiro atoms. The molecule has 0 unspecified atom stereocenters. The average Bonchev–Trinajstić information content (AvgIpc) is 2.36. The van der Waals surface area contributed by atoms with Crippen LogP contribution in [0.15, 0.2) is 42.5 Å². The number of hydrogen-bond acceptors (Lipinski definition) is 2. The molecule has 1 N–H and O–H groups in total. The fraction of sp³-hybridized carbons (Fsp3) is 0.143. The quantitative estimate of drug-likeness (QED) is 0.903. The molecule has 0 saturated carbocycles. The molecular formula is C14H12F2O2. The maximum Gasteiger partial charge on any atom is 0.126 e. The van der Waals surface area contributed by atoms with Gasteiger partial charge in [-0.1, -0.05) is 12.1 Å². The van der Waals surface area contributed by atoms with E-state index in [0.717, 1.165) is 6.07 Å². The summed E-state index contributed by atoms with van der Waals surface area (Å²) in [4.78, 5) is 0. The lowest BCUT2D eigenvalue weighted by Crippen LogP contribution is -2.01. The van der Waals surface area contributed by atoms with E-state index >= 15 is 0 Å². The summed E-state index contributed by atoms with van der Waals surface area (Å²) in [5.41, 5.74) is 1.17. The number of hydrogen-bond donors (Lipinski definition) is 1. The van der Waals surface area contributed by atoms with E-state index in [0.29, 0.717) is 16.9 Å². The van der Waals surface area contributed by atoms with Crippen LogP contribution in [-0.2, 0) is 0 Å². The van der Waals surface area contributed by atoms with E-state index < -0.39 is 11.6 Å². The van der Waals surface area contributed by atoms with Crippen molar-refractivity contribution in [3.8, 4) is 16.9 Å². The van der Waals surface area contributed by atoms with Crippen LogP contribution < -0.4 is 4.74 Å². The summed E-state index contributed by atoms with van der Waals surface area (Å²) in [7, 11) is 0. The highest BCUT2D eigenvalue weighted by molar-refractivity contribution is 5.64. The minimum absolute atomic E-state index is 0.0587. The zero-order valence-corrected chi connectivity index (χ0v) is 9.57. The predicted octanol–water partition coefficient (Wildman–Crippen LogP) is 3.00. The van der Waals surface area contributed by atoms with Gasteiger partial charge in [0.25, 0.3) is 0 Å². The Morgan fingerprint density at radius 1 is 0.889 bits per heavy atom. The largest absolute Gasteiger partial charge is 0.491 e. The van der Waals surface area contributed by atoms with Crippen LogP contribution in [0.1, 0.15) is 0 Å². The van der Waals surface area contributed by atoms with Gasteiger partial charge in [0.05, 0.1) is 6.61 Å². The molecule has 0 radical (unpaired) electrons. The van der Waals surface area contributed by atoms with Gasteiger partial charge in [0.2, 0.25) is 0 Å². The van der Waals surface area contributed by atoms with Crippen molar-refractivity contribution in [2.45, 2.75) is 0 Å². The van der Waals surface area contributed by atoms with Crippen molar-refractivity contribution in [1.82, 2.24) is 0 Å². The van der Waals surface area contributed by atoms with Crippen LogP contribution in [0.25, 0.3) is 11.1 Å². The highest BCUT2D eigenvalue weighted by Crippen LogP contribution is 2.24. The van der Waals surface area contributed by atoms with E-state index in [1.54, 1.807) is 24.3 Å². The van der Waals surface area contributed by atoms with Crippen molar-refractivity contribution in [2.75, 3.05) is 13.2 Å². The molecule has 0 aliphatic rings. The first-order valence-electron chi connectivity index (χ1n) is 5.49. The third-order valence-electron chi connectivity index (χ3n) is 2.41. The van der Waals surface area contributed by atoms with Gasteiger partial charge in [0.1, 0.15) is 24.0 Å². The Kier molecular flexibility index (Phi) is 3.89. The van der Waals surface area contributed by atoms with Crippen LogP contribution in [-0.4, -0.2) is 18.3 Å². The van der Waals surface area contributed by atoms with Crippen molar-refractivity contribution < 1.29 is 18.6 Å². The van der Waals surface area contributed by atoms with Crippen molar-refractivity contribution >= 4 is 0 Å². The SMILES string of the molecule is OCCOc1ccc(-c2cc(F)cc(F)c2)cc1. The lowest BCUT2D eigenvalue weighted by molar-refractivity contribution is 0.201. The maximum absolute atomic E-state index is 13.1. The van der Waals surface area contributed by atoms with Gasteiger partial charge in [-0.05, 0) is 35.4 Å². The Labute approximate surface area is 103 Å². The van der Waals surface area contributed by atoms with Gasteiger partial charge >= 0.3 is 0 Å². The highest BCUT2D eigenvalue weighted by atomic mass is 19.1. The van der Waals surface area contributed by atoms with Gasteiger partial charge in [-0.15, -0.1) is 0 Å². The highest BCUT2D eigenvalue weighted by Gasteiger charge is 2.03. The van der Waals surface area contributed by atoms with Crippen molar-refractivity contribution in [2.24, 2.45) is 0 Å². The summed E-state index contributed by atoms with van der Waals surface area (Å²) in [6, 6.07) is 10.2. The van der Waals surface area contributed by atoms with Gasteiger partial charge in [-0.3, -0.25) is 0 Å². The number of rotatable bonds is 4. The molecule has 0 aliphatic heterocycles. The second kappa shape index (κ2) is 5.60. The van der Waals surface area contributed by atoms with Crippen LogP contribution in [0.4, 0.5) is 8.78 Å². The van der Waals surface area contributed by atoms with Gasteiger partial charge in [0, 0.05) is 6.07 Å². The second-order valence-corrected chi connectivity index (χ2v) is 3.75. The number of aliphatic hydroxyl groups excluding tert-OH is 1. The molecule has 2 aromatic rings. The molecule has 0 amide bonds. The summed E-state index contributed by atoms with van der Waals surface area (Å²) < 4.78 is 31.3. The normalized spacial score (nSPS) is 10.4. The van der Waals surface area contributed by atoms with Crippen LogP contribution in [0.3, 0.4) is 0 Å². The van der Waals surface area contributed by atoms with E-state index in [1.807, 2.05) is 0 Å². The van der Waals surface area contributed by atoms with Crippen LogP contribution in [0.5, 0.6) is 5.75 Å². The minimum atomic E-state index is -0.606. The molecule has 0 aromatic heterocycles. The fourth-order valence-corrected chi connectivity index (χ4v) is 1.63. The molecule has 2 nitrogen and oxygen atoms in total. The van der Waals surface area contributed by atoms with Crippen LogP contribution in [0, 0.1) is 11.6 Å². The molecular weight excluding hydrogens is 238 g/mol. The van der Waals surface area contributed by atoms with E-state index in [9.17, 15) is 8.78 Å². The summed E-state index contributed by atoms with van der Waals surface area (Å²) in [5, 5.41) is 8.61. The van der Waals surface area contributed by atoms with Gasteiger partial charge in [-0.25, -0.2) is 8.78 Å². The summed E-state index contributed by atoms with van der Waals surface area (Å²) >= 11 is 0. The zero-order chi connectivity index (χ0) is 13.0. The molecule has 4 heteroatoms. The van der Waals surface area contributed by atoms with E-state index in [4.69, 9.17) is 9.84 Å². The Bertz CT molecular complexity index is 504. The molecule has 0 aliphatic carbocycles. The molecule has 18 heavy (non-hydrogen) atoms. The lowest BCUT2D eigenvalue weighted by Gasteiger charge is -2.06. The first-order valence-corrected chi connectivity index (χ1v) is 5.49. The fourth-order valence-electron chi connectivity index (χ4n) is 1.63. The topological polar surface area (TPSA) is 29.5 Å². The molecule has 0 heterocycles. The minimum Gasteiger partial charge on any atom is -0.491 e. The molecule has 2 aromatic carbocycles. The number of aliphatic hydroxyl groups is 1. The first kappa shape index (κ1) is 12.5. The molecule has 0 saturated heterocycles. The van der Waals surface area contributed by atoms with Gasteiger partial charge < -0.3 is 9.84 Å². The molecule has 0 atom stereocenters. The summed E-state index contributed by atoms with van der Waals surface area (Å²) in [6.07, 6.45) is 0. The maximum atomic E-state index is 13.1. The Balaban J connectivity index is 2.23. The summed E-state index contributed by atoms with van der Waals surface area (Å²) in [5.74, 6) is -0.610. The van der Waals surface area contributed by atoms with E-state index in [1.165, 1.54) is 12.1 Å². The predicted molar refractivity (Wildman–Crippen MR) is 64.4 cm³/mol. The Hall–Kier alpha value is -1.94. The molecule has 0 fully saturated rings. The Morgan fingerprint density at radius 3 is 2.06 bits per heavy atom. The standard InChI is InChI=1S/C14H12F2O2/c15-12-7-11(8-13(16)9-12)10-1-3-14(4-2-10)18-6-5-17/h1-4,7-9,17H,5-6H2. The first-order chi connectivity index (χ1) is 8.69. The van der Waals surface area contributed by atoms with Crippen molar-refractivity contribution in [3.05, 3.63) is 54.1 Å². The number of halogens is 2. The van der Waals surface area contributed by atoms with Crippen LogP contribution in [0.2, 0.25) is 0 Å². The molecule has 94 valence electrons. The van der Waals surface area contributed by atoms with Crippen molar-refractivity contribution in [3.63, 3.8) is 0 Å². The van der Waals surface area contributed by atoms with E-state index in [-0.39, 0.29) is 13.2 Å². The van der Waals surface area contributed by atoms with Gasteiger partial charge in [0.15, 0.2) is 0 Å². The zero-order valence-electron chi connectivity index (χ0n) is 9.57. The monoisotopic (exact) mass is 250 g/mol. The number of ether oxygens (including phenoxy) is 1. The molecule has 0 bridgehead atoms. The molecule has 2 rings (SSSR count). The van der Waals surface area contributed by atoms with E-state index in [2.05, 4.69) is 0 Å². The second-order valence-electron chi connectivity index (χ2n) is 3.75. The average molecular weight is 250 g/mol. The number of benzene rings is 2. The lowest BCUT2D eigenvalue weighted by atomic mass is 10.1. The smallest absolute Gasteiger partial charge is 0.126 e. The van der Waals surface area contributed by atoms with Gasteiger partial charge in [-0.2, -0.15) is 0 Å². The van der Waals surface area contributed by atoms with Crippen LogP contribution >= 0.6 is 0 Å². The third-order valence-corrected chi connectivity index (χ3v) is 2.41.